The predicted octanol–water partition coefficient (Wildman–Crippen LogP) is 4.35. The van der Waals surface area contributed by atoms with E-state index in [4.69, 9.17) is 4.74 Å². The summed E-state index contributed by atoms with van der Waals surface area (Å²) in [4.78, 5) is 12.7. The van der Waals surface area contributed by atoms with Crippen LogP contribution in [0.1, 0.15) is 48.9 Å². The van der Waals surface area contributed by atoms with Crippen LogP contribution in [-0.2, 0) is 11.2 Å². The van der Waals surface area contributed by atoms with Gasteiger partial charge in [-0.05, 0) is 61.4 Å². The highest BCUT2D eigenvalue weighted by Gasteiger charge is 2.25. The van der Waals surface area contributed by atoms with Gasteiger partial charge in [0.05, 0.1) is 6.04 Å². The molecule has 0 unspecified atom stereocenters. The highest BCUT2D eigenvalue weighted by molar-refractivity contribution is 5.81. The molecule has 0 saturated heterocycles. The molecule has 0 aromatic heterocycles. The zero-order chi connectivity index (χ0) is 16.9. The van der Waals surface area contributed by atoms with Gasteiger partial charge in [0.15, 0.2) is 6.10 Å². The fourth-order valence-corrected chi connectivity index (χ4v) is 3.34. The summed E-state index contributed by atoms with van der Waals surface area (Å²) < 4.78 is 5.92. The van der Waals surface area contributed by atoms with Crippen molar-refractivity contribution in [3.63, 3.8) is 0 Å². The van der Waals surface area contributed by atoms with E-state index in [9.17, 15) is 4.79 Å². The van der Waals surface area contributed by atoms with Crippen LogP contribution in [0.3, 0.4) is 0 Å². The van der Waals surface area contributed by atoms with Crippen LogP contribution in [0.25, 0.3) is 0 Å². The number of hydrogen-bond donors (Lipinski definition) is 1. The Bertz CT molecular complexity index is 710. The molecule has 0 aliphatic heterocycles. The molecule has 126 valence electrons. The summed E-state index contributed by atoms with van der Waals surface area (Å²) in [6, 6.07) is 16.3. The first-order valence-electron chi connectivity index (χ1n) is 8.79. The summed E-state index contributed by atoms with van der Waals surface area (Å²) in [6.07, 6.45) is 3.38. The molecule has 2 atom stereocenters. The van der Waals surface area contributed by atoms with E-state index in [0.29, 0.717) is 6.42 Å². The van der Waals surface area contributed by atoms with Crippen molar-refractivity contribution < 1.29 is 9.53 Å². The molecule has 0 radical (unpaired) electrons. The van der Waals surface area contributed by atoms with Crippen molar-refractivity contribution >= 4 is 5.91 Å². The summed E-state index contributed by atoms with van der Waals surface area (Å²) in [7, 11) is 0. The summed E-state index contributed by atoms with van der Waals surface area (Å²) in [5.41, 5.74) is 3.73. The van der Waals surface area contributed by atoms with Gasteiger partial charge in [0.2, 0.25) is 0 Å². The third-order valence-corrected chi connectivity index (χ3v) is 4.62. The molecule has 24 heavy (non-hydrogen) atoms. The zero-order valence-corrected chi connectivity index (χ0v) is 14.4. The van der Waals surface area contributed by atoms with Crippen LogP contribution in [0.5, 0.6) is 5.75 Å². The van der Waals surface area contributed by atoms with Gasteiger partial charge in [0.25, 0.3) is 5.91 Å². The average molecular weight is 323 g/mol. The summed E-state index contributed by atoms with van der Waals surface area (Å²) in [5, 5.41) is 3.20. The van der Waals surface area contributed by atoms with Crippen molar-refractivity contribution in [3.05, 3.63) is 65.2 Å². The SMILES string of the molecule is CC[C@@H](Oc1cccc(C)c1)C(=O)N[C@H]1CCCc2ccccc21. The van der Waals surface area contributed by atoms with Gasteiger partial charge in [-0.15, -0.1) is 0 Å². The smallest absolute Gasteiger partial charge is 0.261 e. The number of amides is 1. The first kappa shape index (κ1) is 16.6. The molecule has 3 nitrogen and oxygen atoms in total. The Labute approximate surface area is 144 Å². The van der Waals surface area contributed by atoms with Gasteiger partial charge in [-0.2, -0.15) is 0 Å². The Kier molecular flexibility index (Phi) is 5.19. The Morgan fingerprint density at radius 2 is 2.08 bits per heavy atom. The third kappa shape index (κ3) is 3.78. The van der Waals surface area contributed by atoms with Crippen LogP contribution in [0, 0.1) is 6.92 Å². The second kappa shape index (κ2) is 7.52. The molecular formula is C21H25NO2. The van der Waals surface area contributed by atoms with E-state index in [-0.39, 0.29) is 11.9 Å². The number of fused-ring (bicyclic) bond motifs is 1. The minimum atomic E-state index is -0.458. The van der Waals surface area contributed by atoms with Crippen LogP contribution in [-0.4, -0.2) is 12.0 Å². The van der Waals surface area contributed by atoms with Crippen molar-refractivity contribution in [2.75, 3.05) is 0 Å². The molecule has 3 rings (SSSR count). The first-order chi connectivity index (χ1) is 11.7. The fourth-order valence-electron chi connectivity index (χ4n) is 3.34. The van der Waals surface area contributed by atoms with Gasteiger partial charge in [-0.1, -0.05) is 43.3 Å². The fraction of sp³-hybridized carbons (Fsp3) is 0.381. The molecular weight excluding hydrogens is 298 g/mol. The molecule has 1 amide bonds. The topological polar surface area (TPSA) is 38.3 Å². The van der Waals surface area contributed by atoms with Crippen LogP contribution in [0.4, 0.5) is 0 Å². The van der Waals surface area contributed by atoms with E-state index in [2.05, 4.69) is 23.5 Å². The molecule has 0 heterocycles. The standard InChI is InChI=1S/C21H25NO2/c1-3-20(24-17-11-6-8-15(2)14-17)21(23)22-19-13-7-10-16-9-4-5-12-18(16)19/h4-6,8-9,11-12,14,19-20H,3,7,10,13H2,1-2H3,(H,22,23)/t19-,20+/m0/s1. The minimum Gasteiger partial charge on any atom is -0.481 e. The molecule has 0 fully saturated rings. The molecule has 0 bridgehead atoms. The molecule has 2 aromatic rings. The van der Waals surface area contributed by atoms with Crippen molar-refractivity contribution in [3.8, 4) is 5.75 Å². The van der Waals surface area contributed by atoms with E-state index >= 15 is 0 Å². The lowest BCUT2D eigenvalue weighted by Crippen LogP contribution is -2.40. The van der Waals surface area contributed by atoms with Crippen LogP contribution in [0.2, 0.25) is 0 Å². The maximum atomic E-state index is 12.7. The Hall–Kier alpha value is -2.29. The number of carbonyl (C=O) groups is 1. The number of hydrogen-bond acceptors (Lipinski definition) is 2. The van der Waals surface area contributed by atoms with Gasteiger partial charge in [-0.3, -0.25) is 4.79 Å². The summed E-state index contributed by atoms with van der Waals surface area (Å²) >= 11 is 0. The lowest BCUT2D eigenvalue weighted by molar-refractivity contribution is -0.129. The second-order valence-corrected chi connectivity index (χ2v) is 6.48. The maximum Gasteiger partial charge on any atom is 0.261 e. The molecule has 0 saturated carbocycles. The zero-order valence-electron chi connectivity index (χ0n) is 14.4. The quantitative estimate of drug-likeness (QED) is 0.888. The van der Waals surface area contributed by atoms with E-state index in [0.717, 1.165) is 30.6 Å². The molecule has 1 N–H and O–H groups in total. The van der Waals surface area contributed by atoms with E-state index in [1.807, 2.05) is 44.2 Å². The summed E-state index contributed by atoms with van der Waals surface area (Å²) in [6.45, 7) is 4.00. The molecule has 0 spiro atoms. The van der Waals surface area contributed by atoms with Gasteiger partial charge in [0.1, 0.15) is 5.75 Å². The Morgan fingerprint density at radius 1 is 1.25 bits per heavy atom. The molecule has 3 heteroatoms. The van der Waals surface area contributed by atoms with Crippen LogP contribution in [0.15, 0.2) is 48.5 Å². The average Bonchev–Trinajstić information content (AvgIpc) is 2.60. The third-order valence-electron chi connectivity index (χ3n) is 4.62. The Morgan fingerprint density at radius 3 is 2.88 bits per heavy atom. The molecule has 1 aliphatic rings. The monoisotopic (exact) mass is 323 g/mol. The molecule has 2 aromatic carbocycles. The van der Waals surface area contributed by atoms with Crippen LogP contribution < -0.4 is 10.1 Å². The van der Waals surface area contributed by atoms with Gasteiger partial charge < -0.3 is 10.1 Å². The van der Waals surface area contributed by atoms with Crippen molar-refractivity contribution in [1.82, 2.24) is 5.32 Å². The van der Waals surface area contributed by atoms with Gasteiger partial charge in [0, 0.05) is 0 Å². The minimum absolute atomic E-state index is 0.0271. The van der Waals surface area contributed by atoms with E-state index in [1.165, 1.54) is 11.1 Å². The lowest BCUT2D eigenvalue weighted by atomic mass is 9.87. The number of nitrogens with one attached hydrogen (secondary N) is 1. The Balaban J connectivity index is 1.69. The van der Waals surface area contributed by atoms with Gasteiger partial charge >= 0.3 is 0 Å². The summed E-state index contributed by atoms with van der Waals surface area (Å²) in [5.74, 6) is 0.724. The normalized spacial score (nSPS) is 17.7. The second-order valence-electron chi connectivity index (χ2n) is 6.48. The highest BCUT2D eigenvalue weighted by atomic mass is 16.5. The molecule has 1 aliphatic carbocycles. The largest absolute Gasteiger partial charge is 0.481 e. The van der Waals surface area contributed by atoms with Crippen molar-refractivity contribution in [2.24, 2.45) is 0 Å². The van der Waals surface area contributed by atoms with Crippen molar-refractivity contribution in [2.45, 2.75) is 51.7 Å². The first-order valence-corrected chi connectivity index (χ1v) is 8.79. The van der Waals surface area contributed by atoms with E-state index < -0.39 is 6.10 Å². The number of ether oxygens (including phenoxy) is 1. The van der Waals surface area contributed by atoms with E-state index in [1.54, 1.807) is 0 Å². The number of rotatable bonds is 5. The van der Waals surface area contributed by atoms with Crippen LogP contribution >= 0.6 is 0 Å². The van der Waals surface area contributed by atoms with Crippen molar-refractivity contribution in [1.29, 1.82) is 0 Å². The van der Waals surface area contributed by atoms with Gasteiger partial charge in [-0.25, -0.2) is 0 Å². The lowest BCUT2D eigenvalue weighted by Gasteiger charge is -2.28. The maximum absolute atomic E-state index is 12.7. The number of aryl methyl sites for hydroxylation is 2. The predicted molar refractivity (Wildman–Crippen MR) is 96.1 cm³/mol. The highest BCUT2D eigenvalue weighted by Crippen LogP contribution is 2.29. The number of benzene rings is 2. The number of carbonyl (C=O) groups excluding carboxylic acids is 1.